The molecule has 0 bridgehead atoms. The molecule has 0 saturated heterocycles. The molecule has 2 aromatic heterocycles. The maximum atomic E-state index is 8.86. The van der Waals surface area contributed by atoms with E-state index in [-0.39, 0.29) is 5.15 Å². The SMILES string of the molecule is N#Cc1c(Cl)nsc1-c1cccnc1. The second-order valence-electron chi connectivity index (χ2n) is 2.53. The molecule has 2 aromatic rings. The highest BCUT2D eigenvalue weighted by atomic mass is 35.5. The van der Waals surface area contributed by atoms with Crippen molar-refractivity contribution in [3.05, 3.63) is 35.2 Å². The number of aromatic nitrogens is 2. The van der Waals surface area contributed by atoms with Gasteiger partial charge in [-0.05, 0) is 17.6 Å². The lowest BCUT2D eigenvalue weighted by atomic mass is 10.2. The Morgan fingerprint density at radius 2 is 2.36 bits per heavy atom. The quantitative estimate of drug-likeness (QED) is 0.744. The summed E-state index contributed by atoms with van der Waals surface area (Å²) in [6.07, 6.45) is 3.36. The average molecular weight is 222 g/mol. The summed E-state index contributed by atoms with van der Waals surface area (Å²) in [5.74, 6) is 0. The summed E-state index contributed by atoms with van der Waals surface area (Å²) in [7, 11) is 0. The molecule has 68 valence electrons. The fourth-order valence-electron chi connectivity index (χ4n) is 1.06. The van der Waals surface area contributed by atoms with Crippen LogP contribution in [0.2, 0.25) is 5.15 Å². The Morgan fingerprint density at radius 3 is 3.00 bits per heavy atom. The molecule has 0 amide bonds. The van der Waals surface area contributed by atoms with E-state index in [1.165, 1.54) is 11.5 Å². The van der Waals surface area contributed by atoms with Crippen molar-refractivity contribution < 1.29 is 0 Å². The number of hydrogen-bond acceptors (Lipinski definition) is 4. The van der Waals surface area contributed by atoms with Crippen molar-refractivity contribution in [2.24, 2.45) is 0 Å². The second-order valence-corrected chi connectivity index (χ2v) is 3.66. The highest BCUT2D eigenvalue weighted by Crippen LogP contribution is 2.31. The molecule has 0 aliphatic rings. The molecular weight excluding hydrogens is 218 g/mol. The van der Waals surface area contributed by atoms with E-state index in [4.69, 9.17) is 16.9 Å². The van der Waals surface area contributed by atoms with Crippen LogP contribution in [0.4, 0.5) is 0 Å². The van der Waals surface area contributed by atoms with E-state index in [0.29, 0.717) is 5.56 Å². The number of rotatable bonds is 1. The zero-order valence-corrected chi connectivity index (χ0v) is 8.51. The van der Waals surface area contributed by atoms with Crippen LogP contribution in [0.25, 0.3) is 10.4 Å². The average Bonchev–Trinajstić information content (AvgIpc) is 2.61. The summed E-state index contributed by atoms with van der Waals surface area (Å²) in [4.78, 5) is 4.74. The minimum atomic E-state index is 0.261. The summed E-state index contributed by atoms with van der Waals surface area (Å²) in [6, 6.07) is 5.71. The summed E-state index contributed by atoms with van der Waals surface area (Å²) < 4.78 is 3.92. The van der Waals surface area contributed by atoms with E-state index >= 15 is 0 Å². The first-order chi connectivity index (χ1) is 6.83. The van der Waals surface area contributed by atoms with E-state index in [1.807, 2.05) is 18.2 Å². The molecule has 3 nitrogen and oxygen atoms in total. The first-order valence-corrected chi connectivity index (χ1v) is 4.93. The van der Waals surface area contributed by atoms with Crippen molar-refractivity contribution >= 4 is 23.1 Å². The lowest BCUT2D eigenvalue weighted by molar-refractivity contribution is 1.33. The number of hydrogen-bond donors (Lipinski definition) is 0. The molecule has 14 heavy (non-hydrogen) atoms. The molecule has 0 spiro atoms. The van der Waals surface area contributed by atoms with Crippen LogP contribution in [0.5, 0.6) is 0 Å². The summed E-state index contributed by atoms with van der Waals surface area (Å²) >= 11 is 6.96. The highest BCUT2D eigenvalue weighted by molar-refractivity contribution is 7.10. The molecule has 0 atom stereocenters. The van der Waals surface area contributed by atoms with E-state index in [9.17, 15) is 0 Å². The van der Waals surface area contributed by atoms with Crippen molar-refractivity contribution in [2.45, 2.75) is 0 Å². The summed E-state index contributed by atoms with van der Waals surface area (Å²) in [6.45, 7) is 0. The molecule has 0 aliphatic heterocycles. The molecule has 0 saturated carbocycles. The largest absolute Gasteiger partial charge is 0.264 e. The van der Waals surface area contributed by atoms with E-state index in [1.54, 1.807) is 12.4 Å². The van der Waals surface area contributed by atoms with Crippen molar-refractivity contribution in [3.63, 3.8) is 0 Å². The van der Waals surface area contributed by atoms with Crippen molar-refractivity contribution in [1.29, 1.82) is 5.26 Å². The van der Waals surface area contributed by atoms with Gasteiger partial charge in [-0.1, -0.05) is 17.7 Å². The van der Waals surface area contributed by atoms with Crippen LogP contribution < -0.4 is 0 Å². The minimum Gasteiger partial charge on any atom is -0.264 e. The lowest BCUT2D eigenvalue weighted by Gasteiger charge is -1.94. The Labute approximate surface area is 89.8 Å². The van der Waals surface area contributed by atoms with Gasteiger partial charge in [-0.25, -0.2) is 0 Å². The van der Waals surface area contributed by atoms with Crippen LogP contribution in [-0.4, -0.2) is 9.36 Å². The van der Waals surface area contributed by atoms with Crippen LogP contribution in [0.1, 0.15) is 5.56 Å². The van der Waals surface area contributed by atoms with Gasteiger partial charge in [0.15, 0.2) is 5.15 Å². The third kappa shape index (κ3) is 1.48. The number of pyridine rings is 1. The number of halogens is 1. The molecule has 0 N–H and O–H groups in total. The maximum Gasteiger partial charge on any atom is 0.161 e. The van der Waals surface area contributed by atoms with Crippen LogP contribution in [0.15, 0.2) is 24.5 Å². The van der Waals surface area contributed by atoms with Gasteiger partial charge in [0.1, 0.15) is 11.6 Å². The van der Waals surface area contributed by atoms with Gasteiger partial charge in [-0.2, -0.15) is 9.64 Å². The van der Waals surface area contributed by atoms with Gasteiger partial charge in [0.25, 0.3) is 0 Å². The van der Waals surface area contributed by atoms with Gasteiger partial charge in [0, 0.05) is 18.0 Å². The predicted octanol–water partition coefficient (Wildman–Crippen LogP) is 2.73. The Morgan fingerprint density at radius 1 is 1.50 bits per heavy atom. The standard InChI is InChI=1S/C9H4ClN3S/c10-9-7(4-11)8(14-13-9)6-2-1-3-12-5-6/h1-3,5H. The fourth-order valence-corrected chi connectivity index (χ4v) is 2.08. The van der Waals surface area contributed by atoms with Crippen molar-refractivity contribution in [2.75, 3.05) is 0 Å². The lowest BCUT2D eigenvalue weighted by Crippen LogP contribution is -1.78. The third-order valence-corrected chi connectivity index (χ3v) is 2.96. The molecule has 0 unspecified atom stereocenters. The third-order valence-electron chi connectivity index (χ3n) is 1.69. The zero-order valence-electron chi connectivity index (χ0n) is 6.94. The first-order valence-electron chi connectivity index (χ1n) is 3.78. The number of nitrogens with zero attached hydrogens (tertiary/aromatic N) is 3. The van der Waals surface area contributed by atoms with Gasteiger partial charge < -0.3 is 0 Å². The van der Waals surface area contributed by atoms with Crippen LogP contribution >= 0.6 is 23.1 Å². The summed E-state index contributed by atoms with van der Waals surface area (Å²) in [5, 5.41) is 9.12. The molecule has 0 aromatic carbocycles. The Kier molecular flexibility index (Phi) is 2.44. The van der Waals surface area contributed by atoms with Crippen molar-refractivity contribution in [3.8, 4) is 16.5 Å². The minimum absolute atomic E-state index is 0.261. The topological polar surface area (TPSA) is 49.6 Å². The smallest absolute Gasteiger partial charge is 0.161 e. The predicted molar refractivity (Wildman–Crippen MR) is 55.1 cm³/mol. The van der Waals surface area contributed by atoms with Gasteiger partial charge in [-0.15, -0.1) is 0 Å². The summed E-state index contributed by atoms with van der Waals surface area (Å²) in [5.41, 5.74) is 1.29. The van der Waals surface area contributed by atoms with Gasteiger partial charge in [0.05, 0.1) is 4.88 Å². The Balaban J connectivity index is 2.59. The van der Waals surface area contributed by atoms with Gasteiger partial charge in [0.2, 0.25) is 0 Å². The molecule has 5 heteroatoms. The van der Waals surface area contributed by atoms with Crippen LogP contribution in [0, 0.1) is 11.3 Å². The van der Waals surface area contributed by atoms with Gasteiger partial charge >= 0.3 is 0 Å². The van der Waals surface area contributed by atoms with E-state index < -0.39 is 0 Å². The second kappa shape index (κ2) is 3.74. The Hall–Kier alpha value is -1.44. The zero-order chi connectivity index (χ0) is 9.97. The van der Waals surface area contributed by atoms with Crippen LogP contribution in [-0.2, 0) is 0 Å². The molecule has 2 rings (SSSR count). The molecule has 0 fully saturated rings. The molecule has 0 radical (unpaired) electrons. The van der Waals surface area contributed by atoms with E-state index in [2.05, 4.69) is 9.36 Å². The molecular formula is C9H4ClN3S. The van der Waals surface area contributed by atoms with E-state index in [0.717, 1.165) is 10.4 Å². The van der Waals surface area contributed by atoms with Crippen LogP contribution in [0.3, 0.4) is 0 Å². The fraction of sp³-hybridized carbons (Fsp3) is 0. The number of nitriles is 1. The monoisotopic (exact) mass is 221 g/mol. The molecule has 0 aliphatic carbocycles. The Bertz CT molecular complexity index is 487. The first kappa shape index (κ1) is 9.13. The van der Waals surface area contributed by atoms with Crippen molar-refractivity contribution in [1.82, 2.24) is 9.36 Å². The normalized spacial score (nSPS) is 9.71. The van der Waals surface area contributed by atoms with Gasteiger partial charge in [-0.3, -0.25) is 4.98 Å². The maximum absolute atomic E-state index is 8.86. The highest BCUT2D eigenvalue weighted by Gasteiger charge is 2.12. The molecule has 2 heterocycles.